The Balaban J connectivity index is 2.32. The topological polar surface area (TPSA) is 64.3 Å². The number of hydrogen-bond acceptors (Lipinski definition) is 3. The van der Waals surface area contributed by atoms with Gasteiger partial charge < -0.3 is 15.8 Å². The van der Waals surface area contributed by atoms with Crippen LogP contribution in [0.4, 0.5) is 0 Å². The van der Waals surface area contributed by atoms with E-state index in [0.29, 0.717) is 0 Å². The summed E-state index contributed by atoms with van der Waals surface area (Å²) in [5.41, 5.74) is 5.88. The third kappa shape index (κ3) is 4.49. The summed E-state index contributed by atoms with van der Waals surface area (Å²) < 4.78 is 5.73. The molecule has 0 heterocycles. The lowest BCUT2D eigenvalue weighted by Crippen LogP contribution is -2.42. The van der Waals surface area contributed by atoms with E-state index in [2.05, 4.69) is 5.32 Å². The van der Waals surface area contributed by atoms with Gasteiger partial charge in [-0.3, -0.25) is 4.79 Å². The van der Waals surface area contributed by atoms with E-state index in [1.165, 1.54) is 0 Å². The summed E-state index contributed by atoms with van der Waals surface area (Å²) in [6.45, 7) is 5.69. The zero-order chi connectivity index (χ0) is 12.1. The fourth-order valence-electron chi connectivity index (χ4n) is 2.06. The molecule has 0 bridgehead atoms. The van der Waals surface area contributed by atoms with E-state index in [4.69, 9.17) is 10.5 Å². The predicted octanol–water partition coefficient (Wildman–Crippen LogP) is 1.19. The molecule has 1 aliphatic carbocycles. The number of nitrogens with two attached hydrogens (primary N) is 1. The first-order valence-electron chi connectivity index (χ1n) is 6.20. The third-order valence-electron chi connectivity index (χ3n) is 2.86. The first kappa shape index (κ1) is 13.5. The van der Waals surface area contributed by atoms with Gasteiger partial charge in [-0.05, 0) is 46.5 Å². The van der Waals surface area contributed by atoms with Crippen LogP contribution in [0.2, 0.25) is 0 Å². The molecule has 1 rings (SSSR count). The SMILES string of the molecule is CC(C)NC(=O)C(C)OC1CCCC(N)C1. The number of amides is 1. The lowest BCUT2D eigenvalue weighted by Gasteiger charge is -2.29. The second-order valence-electron chi connectivity index (χ2n) is 4.99. The van der Waals surface area contributed by atoms with Crippen molar-refractivity contribution in [1.82, 2.24) is 5.32 Å². The minimum atomic E-state index is -0.377. The molecule has 0 radical (unpaired) electrons. The molecule has 1 aliphatic rings. The summed E-state index contributed by atoms with van der Waals surface area (Å²) in [5.74, 6) is -0.0332. The van der Waals surface area contributed by atoms with Gasteiger partial charge in [-0.2, -0.15) is 0 Å². The molecule has 3 N–H and O–H groups in total. The van der Waals surface area contributed by atoms with Crippen LogP contribution in [0.5, 0.6) is 0 Å². The normalized spacial score (nSPS) is 27.8. The minimum Gasteiger partial charge on any atom is -0.365 e. The van der Waals surface area contributed by atoms with Gasteiger partial charge >= 0.3 is 0 Å². The molecule has 0 saturated heterocycles. The molecule has 1 amide bonds. The smallest absolute Gasteiger partial charge is 0.249 e. The molecule has 3 atom stereocenters. The molecule has 94 valence electrons. The van der Waals surface area contributed by atoms with Crippen molar-refractivity contribution in [2.75, 3.05) is 0 Å². The highest BCUT2D eigenvalue weighted by molar-refractivity contribution is 5.80. The van der Waals surface area contributed by atoms with E-state index >= 15 is 0 Å². The second kappa shape index (κ2) is 6.21. The molecule has 1 fully saturated rings. The summed E-state index contributed by atoms with van der Waals surface area (Å²) in [6, 6.07) is 0.395. The van der Waals surface area contributed by atoms with E-state index in [0.717, 1.165) is 25.7 Å². The van der Waals surface area contributed by atoms with Gasteiger partial charge in [0.2, 0.25) is 5.91 Å². The molecule has 0 aliphatic heterocycles. The van der Waals surface area contributed by atoms with Crippen LogP contribution in [0, 0.1) is 0 Å². The molecular formula is C12H24N2O2. The third-order valence-corrected chi connectivity index (χ3v) is 2.86. The Morgan fingerprint density at radius 3 is 2.62 bits per heavy atom. The standard InChI is InChI=1S/C12H24N2O2/c1-8(2)14-12(15)9(3)16-11-6-4-5-10(13)7-11/h8-11H,4-7,13H2,1-3H3,(H,14,15). The van der Waals surface area contributed by atoms with Crippen molar-refractivity contribution in [3.63, 3.8) is 0 Å². The van der Waals surface area contributed by atoms with Gasteiger partial charge in [0.25, 0.3) is 0 Å². The van der Waals surface area contributed by atoms with E-state index in [1.54, 1.807) is 6.92 Å². The van der Waals surface area contributed by atoms with Crippen molar-refractivity contribution in [2.24, 2.45) is 5.73 Å². The molecule has 4 nitrogen and oxygen atoms in total. The number of hydrogen-bond donors (Lipinski definition) is 2. The maximum atomic E-state index is 11.6. The average Bonchev–Trinajstić information content (AvgIpc) is 2.16. The van der Waals surface area contributed by atoms with Gasteiger partial charge in [-0.15, -0.1) is 0 Å². The van der Waals surface area contributed by atoms with Crippen LogP contribution < -0.4 is 11.1 Å². The molecule has 16 heavy (non-hydrogen) atoms. The first-order valence-corrected chi connectivity index (χ1v) is 6.20. The first-order chi connectivity index (χ1) is 7.49. The maximum absolute atomic E-state index is 11.6. The van der Waals surface area contributed by atoms with Crippen LogP contribution in [0.3, 0.4) is 0 Å². The van der Waals surface area contributed by atoms with Crippen LogP contribution >= 0.6 is 0 Å². The Bertz CT molecular complexity index is 231. The van der Waals surface area contributed by atoms with Gasteiger partial charge in [0.05, 0.1) is 6.10 Å². The average molecular weight is 228 g/mol. The highest BCUT2D eigenvalue weighted by Crippen LogP contribution is 2.20. The largest absolute Gasteiger partial charge is 0.365 e. The van der Waals surface area contributed by atoms with Crippen LogP contribution in [-0.2, 0) is 9.53 Å². The fourth-order valence-corrected chi connectivity index (χ4v) is 2.06. The van der Waals surface area contributed by atoms with E-state index in [-0.39, 0.29) is 30.2 Å². The van der Waals surface area contributed by atoms with Crippen LogP contribution in [0.15, 0.2) is 0 Å². The lowest BCUT2D eigenvalue weighted by molar-refractivity contribution is -0.137. The molecule has 0 aromatic heterocycles. The molecule has 1 saturated carbocycles. The Morgan fingerprint density at radius 1 is 1.38 bits per heavy atom. The number of carbonyl (C=O) groups excluding carboxylic acids is 1. The number of rotatable bonds is 4. The van der Waals surface area contributed by atoms with Gasteiger partial charge in [0.1, 0.15) is 6.10 Å². The summed E-state index contributed by atoms with van der Waals surface area (Å²) >= 11 is 0. The van der Waals surface area contributed by atoms with Crippen molar-refractivity contribution in [2.45, 2.75) is 70.7 Å². The van der Waals surface area contributed by atoms with Crippen molar-refractivity contribution in [1.29, 1.82) is 0 Å². The Labute approximate surface area is 97.9 Å². The fraction of sp³-hybridized carbons (Fsp3) is 0.917. The Kier molecular flexibility index (Phi) is 5.22. The van der Waals surface area contributed by atoms with Crippen molar-refractivity contribution in [3.8, 4) is 0 Å². The Morgan fingerprint density at radius 2 is 2.06 bits per heavy atom. The second-order valence-corrected chi connectivity index (χ2v) is 4.99. The van der Waals surface area contributed by atoms with E-state index in [9.17, 15) is 4.79 Å². The van der Waals surface area contributed by atoms with E-state index in [1.807, 2.05) is 13.8 Å². The summed E-state index contributed by atoms with van der Waals surface area (Å²) in [7, 11) is 0. The zero-order valence-corrected chi connectivity index (χ0v) is 10.5. The van der Waals surface area contributed by atoms with Gasteiger partial charge in [-0.1, -0.05) is 0 Å². The van der Waals surface area contributed by atoms with Crippen molar-refractivity contribution >= 4 is 5.91 Å². The quantitative estimate of drug-likeness (QED) is 0.759. The van der Waals surface area contributed by atoms with Gasteiger partial charge in [-0.25, -0.2) is 0 Å². The zero-order valence-electron chi connectivity index (χ0n) is 10.5. The van der Waals surface area contributed by atoms with E-state index < -0.39 is 0 Å². The predicted molar refractivity (Wildman–Crippen MR) is 64.1 cm³/mol. The van der Waals surface area contributed by atoms with Crippen molar-refractivity contribution < 1.29 is 9.53 Å². The number of nitrogens with one attached hydrogen (secondary N) is 1. The molecule has 0 aromatic rings. The lowest BCUT2D eigenvalue weighted by atomic mass is 9.93. The minimum absolute atomic E-state index is 0.0332. The van der Waals surface area contributed by atoms with Crippen LogP contribution in [0.25, 0.3) is 0 Å². The maximum Gasteiger partial charge on any atom is 0.249 e. The monoisotopic (exact) mass is 228 g/mol. The Hall–Kier alpha value is -0.610. The van der Waals surface area contributed by atoms with Crippen LogP contribution in [0.1, 0.15) is 46.5 Å². The van der Waals surface area contributed by atoms with Gasteiger partial charge in [0, 0.05) is 12.1 Å². The van der Waals surface area contributed by atoms with Gasteiger partial charge in [0.15, 0.2) is 0 Å². The summed E-state index contributed by atoms with van der Waals surface area (Å²) in [6.07, 6.45) is 3.85. The molecule has 0 aromatic carbocycles. The molecular weight excluding hydrogens is 204 g/mol. The summed E-state index contributed by atoms with van der Waals surface area (Å²) in [5, 5.41) is 2.85. The highest BCUT2D eigenvalue weighted by atomic mass is 16.5. The van der Waals surface area contributed by atoms with Crippen molar-refractivity contribution in [3.05, 3.63) is 0 Å². The molecule has 3 unspecified atom stereocenters. The van der Waals surface area contributed by atoms with Crippen LogP contribution in [-0.4, -0.2) is 30.2 Å². The highest BCUT2D eigenvalue weighted by Gasteiger charge is 2.24. The summed E-state index contributed by atoms with van der Waals surface area (Å²) in [4.78, 5) is 11.6. The molecule has 0 spiro atoms. The number of ether oxygens (including phenoxy) is 1. The number of carbonyl (C=O) groups is 1. The molecule has 4 heteroatoms.